The molecule has 56 heavy (non-hydrogen) atoms. The second kappa shape index (κ2) is 13.0. The fraction of sp³-hybridized carbons (Fsp3) is 0. The van der Waals surface area contributed by atoms with E-state index < -0.39 is 0 Å². The van der Waals surface area contributed by atoms with Gasteiger partial charge in [-0.2, -0.15) is 0 Å². The molecule has 5 heteroatoms. The normalized spacial score (nSPS) is 11.6. The highest BCUT2D eigenvalue weighted by Crippen LogP contribution is 2.43. The standard InChI is InChI=1S/C51H32N4O/c1-5-16-33(17-6-1)37-28-29-40-39-24-13-14-26-44(39)55(45(40)30-37)38-31-42(34-18-7-2-8-19-34)48-43(32-38)47-41(25-15-27-46(47)56-48)51-53-49(35-20-9-3-10-21-35)52-50(54-51)36-22-11-4-12-23-36/h1-32H. The van der Waals surface area contributed by atoms with Crippen molar-refractivity contribution in [2.24, 2.45) is 0 Å². The molecule has 0 saturated heterocycles. The minimum atomic E-state index is 0.585. The monoisotopic (exact) mass is 716 g/mol. The van der Waals surface area contributed by atoms with Gasteiger partial charge in [-0.1, -0.05) is 164 Å². The lowest BCUT2D eigenvalue weighted by atomic mass is 9.99. The van der Waals surface area contributed by atoms with E-state index in [9.17, 15) is 0 Å². The van der Waals surface area contributed by atoms with E-state index in [-0.39, 0.29) is 0 Å². The van der Waals surface area contributed by atoms with Crippen molar-refractivity contribution in [1.82, 2.24) is 19.5 Å². The number of hydrogen-bond acceptors (Lipinski definition) is 4. The first kappa shape index (κ1) is 31.9. The Balaban J connectivity index is 1.22. The molecule has 0 unspecified atom stereocenters. The molecule has 8 aromatic carbocycles. The Morgan fingerprint density at radius 2 is 0.929 bits per heavy atom. The summed E-state index contributed by atoms with van der Waals surface area (Å²) in [5.74, 6) is 1.82. The average molecular weight is 717 g/mol. The Labute approximate surface area is 322 Å². The molecule has 5 nitrogen and oxygen atoms in total. The van der Waals surface area contributed by atoms with Crippen molar-refractivity contribution in [2.45, 2.75) is 0 Å². The Hall–Kier alpha value is -7.63. The zero-order valence-corrected chi connectivity index (χ0v) is 30.2. The van der Waals surface area contributed by atoms with Crippen LogP contribution in [-0.2, 0) is 0 Å². The van der Waals surface area contributed by atoms with Crippen LogP contribution in [0.3, 0.4) is 0 Å². The van der Waals surface area contributed by atoms with E-state index in [1.807, 2.05) is 72.8 Å². The lowest BCUT2D eigenvalue weighted by Crippen LogP contribution is -2.00. The summed E-state index contributed by atoms with van der Waals surface area (Å²) in [4.78, 5) is 15.2. The number of furan rings is 1. The van der Waals surface area contributed by atoms with Crippen LogP contribution in [0.15, 0.2) is 199 Å². The van der Waals surface area contributed by atoms with Gasteiger partial charge in [0.1, 0.15) is 11.2 Å². The van der Waals surface area contributed by atoms with Crippen LogP contribution in [0.1, 0.15) is 0 Å². The van der Waals surface area contributed by atoms with Crippen LogP contribution in [-0.4, -0.2) is 19.5 Å². The summed E-state index contributed by atoms with van der Waals surface area (Å²) in [6.07, 6.45) is 0. The summed E-state index contributed by atoms with van der Waals surface area (Å²) in [5.41, 5.74) is 12.0. The van der Waals surface area contributed by atoms with Crippen molar-refractivity contribution in [3.8, 4) is 62.1 Å². The number of para-hydroxylation sites is 1. The lowest BCUT2D eigenvalue weighted by molar-refractivity contribution is 0.670. The third kappa shape index (κ3) is 5.29. The first-order chi connectivity index (χ1) is 27.8. The van der Waals surface area contributed by atoms with E-state index in [0.717, 1.165) is 66.5 Å². The molecule has 11 rings (SSSR count). The van der Waals surface area contributed by atoms with Gasteiger partial charge in [0, 0.05) is 49.5 Å². The van der Waals surface area contributed by atoms with Crippen LogP contribution < -0.4 is 0 Å². The second-order valence-electron chi connectivity index (χ2n) is 14.0. The maximum absolute atomic E-state index is 6.87. The van der Waals surface area contributed by atoms with E-state index in [0.29, 0.717) is 17.5 Å². The van der Waals surface area contributed by atoms with Gasteiger partial charge in [0.25, 0.3) is 0 Å². The summed E-state index contributed by atoms with van der Waals surface area (Å²) < 4.78 is 9.27. The quantitative estimate of drug-likeness (QED) is 0.172. The second-order valence-corrected chi connectivity index (χ2v) is 14.0. The van der Waals surface area contributed by atoms with Crippen LogP contribution in [0, 0.1) is 0 Å². The highest BCUT2D eigenvalue weighted by Gasteiger charge is 2.22. The van der Waals surface area contributed by atoms with E-state index in [4.69, 9.17) is 19.4 Å². The maximum atomic E-state index is 6.87. The van der Waals surface area contributed by atoms with Gasteiger partial charge in [0.05, 0.1) is 11.0 Å². The highest BCUT2D eigenvalue weighted by molar-refractivity contribution is 6.17. The Morgan fingerprint density at radius 3 is 1.61 bits per heavy atom. The van der Waals surface area contributed by atoms with Crippen molar-refractivity contribution in [1.29, 1.82) is 0 Å². The first-order valence-corrected chi connectivity index (χ1v) is 18.8. The van der Waals surface area contributed by atoms with Gasteiger partial charge in [-0.3, -0.25) is 0 Å². The summed E-state index contributed by atoms with van der Waals surface area (Å²) in [6, 6.07) is 67.4. The van der Waals surface area contributed by atoms with Gasteiger partial charge in [-0.15, -0.1) is 0 Å². The van der Waals surface area contributed by atoms with Gasteiger partial charge in [0.15, 0.2) is 17.5 Å². The van der Waals surface area contributed by atoms with Gasteiger partial charge < -0.3 is 8.98 Å². The average Bonchev–Trinajstić information content (AvgIpc) is 3.83. The molecule has 0 aliphatic rings. The predicted molar refractivity (Wildman–Crippen MR) is 229 cm³/mol. The zero-order chi connectivity index (χ0) is 37.0. The molecule has 0 atom stereocenters. The smallest absolute Gasteiger partial charge is 0.164 e. The van der Waals surface area contributed by atoms with E-state index >= 15 is 0 Å². The summed E-state index contributed by atoms with van der Waals surface area (Å²) in [5, 5.41) is 4.34. The van der Waals surface area contributed by atoms with Crippen LogP contribution in [0.25, 0.3) is 106 Å². The third-order valence-corrected chi connectivity index (χ3v) is 10.6. The molecule has 262 valence electrons. The molecular formula is C51H32N4O. The van der Waals surface area contributed by atoms with E-state index in [2.05, 4.69) is 126 Å². The van der Waals surface area contributed by atoms with Crippen LogP contribution in [0.4, 0.5) is 0 Å². The molecule has 0 aliphatic heterocycles. The van der Waals surface area contributed by atoms with Gasteiger partial charge >= 0.3 is 0 Å². The Morgan fingerprint density at radius 1 is 0.357 bits per heavy atom. The number of rotatable bonds is 6. The third-order valence-electron chi connectivity index (χ3n) is 10.6. The number of hydrogen-bond donors (Lipinski definition) is 0. The highest BCUT2D eigenvalue weighted by atomic mass is 16.3. The zero-order valence-electron chi connectivity index (χ0n) is 30.2. The summed E-state index contributed by atoms with van der Waals surface area (Å²) in [7, 11) is 0. The van der Waals surface area contributed by atoms with Crippen LogP contribution >= 0.6 is 0 Å². The maximum Gasteiger partial charge on any atom is 0.164 e. The molecule has 0 radical (unpaired) electrons. The SMILES string of the molecule is c1ccc(-c2ccc3c4ccccc4n(-c4cc(-c5ccccc5)c5oc6cccc(-c7nc(-c8ccccc8)nc(-c8ccccc8)n7)c6c5c4)c3c2)cc1. The summed E-state index contributed by atoms with van der Waals surface area (Å²) in [6.45, 7) is 0. The fourth-order valence-corrected chi connectivity index (χ4v) is 8.05. The number of aromatic nitrogens is 4. The van der Waals surface area contributed by atoms with Gasteiger partial charge in [-0.25, -0.2) is 15.0 Å². The van der Waals surface area contributed by atoms with Crippen molar-refractivity contribution in [2.75, 3.05) is 0 Å². The molecular weight excluding hydrogens is 685 g/mol. The Bertz CT molecular complexity index is 3170. The number of nitrogens with zero attached hydrogens (tertiary/aromatic N) is 4. The fourth-order valence-electron chi connectivity index (χ4n) is 8.05. The molecule has 0 spiro atoms. The molecule has 3 heterocycles. The molecule has 0 N–H and O–H groups in total. The van der Waals surface area contributed by atoms with Gasteiger partial charge in [-0.05, 0) is 47.0 Å². The van der Waals surface area contributed by atoms with Crippen LogP contribution in [0.5, 0.6) is 0 Å². The topological polar surface area (TPSA) is 56.7 Å². The minimum Gasteiger partial charge on any atom is -0.455 e. The Kier molecular flexibility index (Phi) is 7.42. The first-order valence-electron chi connectivity index (χ1n) is 18.8. The van der Waals surface area contributed by atoms with Gasteiger partial charge in [0.2, 0.25) is 0 Å². The molecule has 0 fully saturated rings. The van der Waals surface area contributed by atoms with Crippen molar-refractivity contribution in [3.05, 3.63) is 194 Å². The molecule has 0 saturated carbocycles. The lowest BCUT2D eigenvalue weighted by Gasteiger charge is -2.13. The van der Waals surface area contributed by atoms with Crippen LogP contribution in [0.2, 0.25) is 0 Å². The van der Waals surface area contributed by atoms with Crippen molar-refractivity contribution in [3.63, 3.8) is 0 Å². The molecule has 0 amide bonds. The van der Waals surface area contributed by atoms with E-state index in [1.54, 1.807) is 0 Å². The number of fused-ring (bicyclic) bond motifs is 6. The summed E-state index contributed by atoms with van der Waals surface area (Å²) >= 11 is 0. The molecule has 0 aliphatic carbocycles. The minimum absolute atomic E-state index is 0.585. The van der Waals surface area contributed by atoms with Crippen molar-refractivity contribution >= 4 is 43.7 Å². The molecule has 11 aromatic rings. The molecule has 3 aromatic heterocycles. The molecule has 0 bridgehead atoms. The van der Waals surface area contributed by atoms with E-state index in [1.165, 1.54) is 21.9 Å². The number of benzene rings is 8. The van der Waals surface area contributed by atoms with Crippen molar-refractivity contribution < 1.29 is 4.42 Å². The largest absolute Gasteiger partial charge is 0.455 e. The predicted octanol–water partition coefficient (Wildman–Crippen LogP) is 13.2.